The molecule has 5 heteroatoms. The molecule has 3 N–H and O–H groups in total. The monoisotopic (exact) mass is 380 g/mol. The number of hydrogen-bond acceptors (Lipinski definition) is 4. The molecule has 0 heterocycles. The zero-order chi connectivity index (χ0) is 19.9. The van der Waals surface area contributed by atoms with Crippen LogP contribution in [-0.2, 0) is 6.42 Å². The summed E-state index contributed by atoms with van der Waals surface area (Å²) < 4.78 is 5.79. The van der Waals surface area contributed by atoms with Gasteiger partial charge < -0.3 is 20.1 Å². The summed E-state index contributed by atoms with van der Waals surface area (Å²) in [6, 6.07) is 15.8. The molecule has 3 aromatic carbocycles. The van der Waals surface area contributed by atoms with Crippen molar-refractivity contribution >= 4 is 16.7 Å². The Kier molecular flexibility index (Phi) is 6.37. The molecular weight excluding hydrogens is 356 g/mol. The highest BCUT2D eigenvalue weighted by atomic mass is 16.5. The Morgan fingerprint density at radius 1 is 0.857 bits per heavy atom. The molecule has 0 fully saturated rings. The average molecular weight is 380 g/mol. The Balaban J connectivity index is 1.41. The number of para-hydroxylation sites is 1. The summed E-state index contributed by atoms with van der Waals surface area (Å²) in [7, 11) is 0. The number of ether oxygens (including phenoxy) is 1. The lowest BCUT2D eigenvalue weighted by atomic mass is 10.0. The van der Waals surface area contributed by atoms with Crippen molar-refractivity contribution in [3.05, 3.63) is 65.7 Å². The average Bonchev–Trinajstić information content (AvgIpc) is 2.69. The van der Waals surface area contributed by atoms with Gasteiger partial charge in [-0.1, -0.05) is 37.1 Å². The van der Waals surface area contributed by atoms with Gasteiger partial charge in [-0.2, -0.15) is 0 Å². The van der Waals surface area contributed by atoms with Gasteiger partial charge in [0.25, 0.3) is 0 Å². The topological polar surface area (TPSA) is 87.0 Å². The number of aromatic hydroxyl groups is 2. The summed E-state index contributed by atoms with van der Waals surface area (Å²) in [6.45, 7) is 0.599. The molecule has 0 aliphatic rings. The largest absolute Gasteiger partial charge is 0.504 e. The van der Waals surface area contributed by atoms with E-state index in [0.29, 0.717) is 6.61 Å². The molecule has 0 aromatic heterocycles. The predicted molar refractivity (Wildman–Crippen MR) is 108 cm³/mol. The van der Waals surface area contributed by atoms with Gasteiger partial charge in [0.05, 0.1) is 12.2 Å². The van der Waals surface area contributed by atoms with Crippen LogP contribution in [-0.4, -0.2) is 27.9 Å². The van der Waals surface area contributed by atoms with Crippen LogP contribution < -0.4 is 4.74 Å². The van der Waals surface area contributed by atoms with Crippen molar-refractivity contribution in [2.75, 3.05) is 6.61 Å². The molecule has 0 saturated carbocycles. The number of phenolic OH excluding ortho intramolecular Hbond substituents is 2. The lowest BCUT2D eigenvalue weighted by Crippen LogP contribution is -1.98. The first-order valence-electron chi connectivity index (χ1n) is 9.44. The minimum atomic E-state index is -0.938. The molecule has 0 atom stereocenters. The lowest BCUT2D eigenvalue weighted by molar-refractivity contribution is 0.0697. The summed E-state index contributed by atoms with van der Waals surface area (Å²) >= 11 is 0. The number of benzene rings is 3. The van der Waals surface area contributed by atoms with Gasteiger partial charge in [0.2, 0.25) is 0 Å². The van der Waals surface area contributed by atoms with E-state index in [1.165, 1.54) is 6.07 Å². The third-order valence-corrected chi connectivity index (χ3v) is 4.77. The quantitative estimate of drug-likeness (QED) is 0.354. The van der Waals surface area contributed by atoms with Gasteiger partial charge in [-0.3, -0.25) is 0 Å². The summed E-state index contributed by atoms with van der Waals surface area (Å²) in [6.07, 6.45) is 4.61. The molecule has 5 nitrogen and oxygen atoms in total. The van der Waals surface area contributed by atoms with Crippen molar-refractivity contribution in [1.82, 2.24) is 0 Å². The number of rotatable bonds is 9. The van der Waals surface area contributed by atoms with E-state index in [2.05, 4.69) is 0 Å². The second-order valence-corrected chi connectivity index (χ2v) is 6.83. The molecule has 3 rings (SSSR count). The fourth-order valence-electron chi connectivity index (χ4n) is 3.19. The predicted octanol–water partition coefficient (Wildman–Crippen LogP) is 5.13. The van der Waals surface area contributed by atoms with Gasteiger partial charge in [-0.15, -0.1) is 0 Å². The Morgan fingerprint density at radius 2 is 1.64 bits per heavy atom. The molecule has 0 bridgehead atoms. The van der Waals surface area contributed by atoms with Crippen molar-refractivity contribution in [3.63, 3.8) is 0 Å². The summed E-state index contributed by atoms with van der Waals surface area (Å²) in [5.41, 5.74) is 1.04. The van der Waals surface area contributed by atoms with Crippen LogP contribution in [0.5, 0.6) is 17.2 Å². The number of phenols is 2. The van der Waals surface area contributed by atoms with Crippen LogP contribution in [0.4, 0.5) is 0 Å². The standard InChI is InChI=1S/C23H24O5/c24-21-8-5-7-17(22(21)25)6-3-1-2-4-13-28-20-12-11-16-9-10-18(23(26)27)14-19(16)15-20/h5,7-12,14-15,24-25H,1-4,6,13H2,(H,26,27). The van der Waals surface area contributed by atoms with Gasteiger partial charge in [0.15, 0.2) is 11.5 Å². The molecule has 0 spiro atoms. The fraction of sp³-hybridized carbons (Fsp3) is 0.261. The van der Waals surface area contributed by atoms with Crippen molar-refractivity contribution in [2.45, 2.75) is 32.1 Å². The number of fused-ring (bicyclic) bond motifs is 1. The van der Waals surface area contributed by atoms with Crippen LogP contribution in [0.25, 0.3) is 10.8 Å². The normalized spacial score (nSPS) is 10.9. The number of carboxylic acids is 1. The number of hydrogen-bond donors (Lipinski definition) is 3. The molecule has 28 heavy (non-hydrogen) atoms. The number of unbranched alkanes of at least 4 members (excludes halogenated alkanes) is 3. The zero-order valence-electron chi connectivity index (χ0n) is 15.6. The van der Waals surface area contributed by atoms with E-state index in [0.717, 1.165) is 54.2 Å². The first-order chi connectivity index (χ1) is 13.5. The Hall–Kier alpha value is -3.21. The van der Waals surface area contributed by atoms with Crippen LogP contribution in [0, 0.1) is 0 Å². The molecule has 0 radical (unpaired) electrons. The molecule has 146 valence electrons. The third-order valence-electron chi connectivity index (χ3n) is 4.77. The Bertz CT molecular complexity index is 964. The fourth-order valence-corrected chi connectivity index (χ4v) is 3.19. The van der Waals surface area contributed by atoms with Crippen LogP contribution in [0.2, 0.25) is 0 Å². The molecular formula is C23H24O5. The Morgan fingerprint density at radius 3 is 2.46 bits per heavy atom. The second-order valence-electron chi connectivity index (χ2n) is 6.83. The highest BCUT2D eigenvalue weighted by molar-refractivity contribution is 5.94. The maximum Gasteiger partial charge on any atom is 0.335 e. The van der Waals surface area contributed by atoms with Crippen LogP contribution >= 0.6 is 0 Å². The van der Waals surface area contributed by atoms with E-state index in [1.54, 1.807) is 24.3 Å². The third kappa shape index (κ3) is 4.94. The summed E-state index contributed by atoms with van der Waals surface area (Å²) in [5.74, 6) is -0.295. The summed E-state index contributed by atoms with van der Waals surface area (Å²) in [5, 5.41) is 30.2. The van der Waals surface area contributed by atoms with Crippen LogP contribution in [0.3, 0.4) is 0 Å². The minimum absolute atomic E-state index is 0.0202. The van der Waals surface area contributed by atoms with E-state index in [4.69, 9.17) is 9.84 Å². The van der Waals surface area contributed by atoms with Gasteiger partial charge in [-0.05, 0) is 65.9 Å². The van der Waals surface area contributed by atoms with E-state index in [-0.39, 0.29) is 17.1 Å². The van der Waals surface area contributed by atoms with Crippen molar-refractivity contribution in [1.29, 1.82) is 0 Å². The van der Waals surface area contributed by atoms with Gasteiger partial charge in [0.1, 0.15) is 5.75 Å². The van der Waals surface area contributed by atoms with E-state index in [1.807, 2.05) is 24.3 Å². The van der Waals surface area contributed by atoms with Gasteiger partial charge in [-0.25, -0.2) is 4.79 Å². The van der Waals surface area contributed by atoms with Crippen LogP contribution in [0.15, 0.2) is 54.6 Å². The maximum absolute atomic E-state index is 11.1. The molecule has 0 unspecified atom stereocenters. The molecule has 0 aliphatic heterocycles. The number of aromatic carboxylic acids is 1. The first-order valence-corrected chi connectivity index (χ1v) is 9.44. The lowest BCUT2D eigenvalue weighted by Gasteiger charge is -2.08. The minimum Gasteiger partial charge on any atom is -0.504 e. The molecule has 0 amide bonds. The van der Waals surface area contributed by atoms with E-state index in [9.17, 15) is 15.0 Å². The highest BCUT2D eigenvalue weighted by Crippen LogP contribution is 2.29. The summed E-state index contributed by atoms with van der Waals surface area (Å²) in [4.78, 5) is 11.1. The smallest absolute Gasteiger partial charge is 0.335 e. The van der Waals surface area contributed by atoms with E-state index >= 15 is 0 Å². The Labute approximate surface area is 163 Å². The van der Waals surface area contributed by atoms with E-state index < -0.39 is 5.97 Å². The highest BCUT2D eigenvalue weighted by Gasteiger charge is 2.06. The van der Waals surface area contributed by atoms with Gasteiger partial charge >= 0.3 is 5.97 Å². The van der Waals surface area contributed by atoms with Gasteiger partial charge in [0, 0.05) is 0 Å². The number of carbonyl (C=O) groups is 1. The zero-order valence-corrected chi connectivity index (χ0v) is 15.6. The SMILES string of the molecule is O=C(O)c1ccc2ccc(OCCCCCCc3cccc(O)c3O)cc2c1. The molecule has 0 aliphatic carbocycles. The first kappa shape index (κ1) is 19.5. The molecule has 0 saturated heterocycles. The number of carboxylic acid groups (broad SMARTS) is 1. The van der Waals surface area contributed by atoms with Crippen LogP contribution in [0.1, 0.15) is 41.6 Å². The second kappa shape index (κ2) is 9.13. The maximum atomic E-state index is 11.1. The van der Waals surface area contributed by atoms with Crippen molar-refractivity contribution in [3.8, 4) is 17.2 Å². The molecule has 3 aromatic rings. The number of aryl methyl sites for hydroxylation is 1. The van der Waals surface area contributed by atoms with Crippen molar-refractivity contribution in [2.24, 2.45) is 0 Å². The van der Waals surface area contributed by atoms with Crippen molar-refractivity contribution < 1.29 is 24.9 Å².